The molecule has 2 amide bonds. The molecule has 1 aromatic carbocycles. The van der Waals surface area contributed by atoms with Gasteiger partial charge in [-0.2, -0.15) is 0 Å². The summed E-state index contributed by atoms with van der Waals surface area (Å²) in [7, 11) is 3.10. The Labute approximate surface area is 150 Å². The van der Waals surface area contributed by atoms with E-state index in [9.17, 15) is 14.7 Å². The largest absolute Gasteiger partial charge is 0.383 e. The zero-order valence-corrected chi connectivity index (χ0v) is 14.5. The number of rotatable bonds is 8. The molecule has 1 saturated heterocycles. The van der Waals surface area contributed by atoms with Crippen LogP contribution in [-0.4, -0.2) is 55.6 Å². The highest BCUT2D eigenvalue weighted by Crippen LogP contribution is 2.24. The maximum Gasteiger partial charge on any atom is 0.250 e. The molecule has 10 heteroatoms. The number of hydrogen-bond acceptors (Lipinski definition) is 6. The Hall–Kier alpha value is -2.65. The van der Waals surface area contributed by atoms with E-state index in [-0.39, 0.29) is 19.3 Å². The number of anilines is 1. The molecule has 0 aliphatic carbocycles. The number of methoxy groups -OCH3 is 2. The molecule has 1 fully saturated rings. The Balaban J connectivity index is 2.09. The number of aliphatic hydroxyl groups excluding tert-OH is 1. The highest BCUT2D eigenvalue weighted by atomic mass is 16.7. The van der Waals surface area contributed by atoms with Gasteiger partial charge in [-0.05, 0) is 23.2 Å². The molecule has 1 aromatic rings. The lowest BCUT2D eigenvalue weighted by Gasteiger charge is -2.25. The molecule has 0 radical (unpaired) electrons. The minimum Gasteiger partial charge on any atom is -0.383 e. The summed E-state index contributed by atoms with van der Waals surface area (Å²) in [4.78, 5) is 26.9. The molecule has 1 heterocycles. The number of azide groups is 1. The van der Waals surface area contributed by atoms with Gasteiger partial charge in [-0.25, -0.2) is 0 Å². The summed E-state index contributed by atoms with van der Waals surface area (Å²) in [5, 5.41) is 18.2. The van der Waals surface area contributed by atoms with E-state index in [2.05, 4.69) is 20.7 Å². The molecule has 26 heavy (non-hydrogen) atoms. The summed E-state index contributed by atoms with van der Waals surface area (Å²) in [6.07, 6.45) is -1.31. The molecule has 1 aliphatic heterocycles. The Bertz CT molecular complexity index is 695. The minimum atomic E-state index is -1.47. The second kappa shape index (κ2) is 8.63. The number of nitrogens with zero attached hydrogens (tertiary/aromatic N) is 3. The zero-order valence-electron chi connectivity index (χ0n) is 14.5. The third kappa shape index (κ3) is 4.50. The molecule has 2 atom stereocenters. The van der Waals surface area contributed by atoms with Crippen LogP contribution < -0.4 is 10.6 Å². The monoisotopic (exact) mass is 363 g/mol. The van der Waals surface area contributed by atoms with Gasteiger partial charge in [-0.1, -0.05) is 17.2 Å². The first-order valence-electron chi connectivity index (χ1n) is 7.91. The molecule has 2 rings (SSSR count). The molecule has 140 valence electrons. The Morgan fingerprint density at radius 3 is 2.62 bits per heavy atom. The quantitative estimate of drug-likeness (QED) is 0.269. The van der Waals surface area contributed by atoms with Crippen molar-refractivity contribution in [3.63, 3.8) is 0 Å². The van der Waals surface area contributed by atoms with Crippen molar-refractivity contribution in [2.45, 2.75) is 30.8 Å². The standard InChI is InChI=1S/C16H21N5O5/c1-25-13(26-2)7-10-3-5-11(6-4-10)19-15(24)16(9-18-21-17)8-12(22)14(23)20-16/h3-6,12-13,22H,7-9H2,1-2H3,(H,19,24)(H,20,23)/t12-,16-/m0/s1. The molecule has 1 aliphatic rings. The average molecular weight is 363 g/mol. The predicted octanol–water partition coefficient (Wildman–Crippen LogP) is 0.716. The van der Waals surface area contributed by atoms with Gasteiger partial charge in [0, 0.05) is 37.7 Å². The van der Waals surface area contributed by atoms with Crippen LogP contribution in [0.4, 0.5) is 5.69 Å². The van der Waals surface area contributed by atoms with Crippen molar-refractivity contribution in [2.75, 3.05) is 26.1 Å². The van der Waals surface area contributed by atoms with Crippen molar-refractivity contribution in [1.82, 2.24) is 5.32 Å². The summed E-state index contributed by atoms with van der Waals surface area (Å²) in [5.41, 5.74) is 8.50. The molecule has 0 bridgehead atoms. The SMILES string of the molecule is COC(Cc1ccc(NC(=O)[C@@]2(CN=[N+]=[N-])C[C@H](O)C(=O)N2)cc1)OC. The maximum absolute atomic E-state index is 12.6. The van der Waals surface area contributed by atoms with Crippen LogP contribution in [-0.2, 0) is 25.5 Å². The minimum absolute atomic E-state index is 0.169. The van der Waals surface area contributed by atoms with E-state index < -0.39 is 23.5 Å². The van der Waals surface area contributed by atoms with Crippen LogP contribution in [0.25, 0.3) is 10.4 Å². The fraction of sp³-hybridized carbons (Fsp3) is 0.500. The lowest BCUT2D eigenvalue weighted by atomic mass is 9.95. The van der Waals surface area contributed by atoms with Crippen LogP contribution in [0.2, 0.25) is 0 Å². The van der Waals surface area contributed by atoms with E-state index in [0.29, 0.717) is 12.1 Å². The highest BCUT2D eigenvalue weighted by molar-refractivity contribution is 6.03. The van der Waals surface area contributed by atoms with Crippen LogP contribution in [0.5, 0.6) is 0 Å². The van der Waals surface area contributed by atoms with Crippen molar-refractivity contribution in [1.29, 1.82) is 0 Å². The van der Waals surface area contributed by atoms with E-state index in [1.807, 2.05) is 12.1 Å². The third-order valence-electron chi connectivity index (χ3n) is 4.19. The van der Waals surface area contributed by atoms with Crippen molar-refractivity contribution in [3.05, 3.63) is 40.3 Å². The van der Waals surface area contributed by atoms with Gasteiger partial charge in [0.05, 0.1) is 6.54 Å². The molecular weight excluding hydrogens is 342 g/mol. The highest BCUT2D eigenvalue weighted by Gasteiger charge is 2.48. The van der Waals surface area contributed by atoms with Crippen LogP contribution >= 0.6 is 0 Å². The number of nitrogens with one attached hydrogen (secondary N) is 2. The fourth-order valence-electron chi connectivity index (χ4n) is 2.70. The zero-order chi connectivity index (χ0) is 19.2. The summed E-state index contributed by atoms with van der Waals surface area (Å²) >= 11 is 0. The fourth-order valence-corrected chi connectivity index (χ4v) is 2.70. The molecule has 0 saturated carbocycles. The average Bonchev–Trinajstić information content (AvgIpc) is 2.94. The number of benzene rings is 1. The molecule has 0 aromatic heterocycles. The summed E-state index contributed by atoms with van der Waals surface area (Å²) in [6, 6.07) is 7.01. The number of carbonyl (C=O) groups excluding carboxylic acids is 2. The van der Waals surface area contributed by atoms with Gasteiger partial charge in [0.1, 0.15) is 11.6 Å². The maximum atomic E-state index is 12.6. The van der Waals surface area contributed by atoms with Gasteiger partial charge in [0.15, 0.2) is 6.29 Å². The van der Waals surface area contributed by atoms with Crippen molar-refractivity contribution in [2.24, 2.45) is 5.11 Å². The molecule has 0 unspecified atom stereocenters. The number of carbonyl (C=O) groups is 2. The summed E-state index contributed by atoms with van der Waals surface area (Å²) in [5.74, 6) is -1.23. The predicted molar refractivity (Wildman–Crippen MR) is 92.1 cm³/mol. The number of hydrogen-bond donors (Lipinski definition) is 3. The Morgan fingerprint density at radius 1 is 1.46 bits per heavy atom. The van der Waals surface area contributed by atoms with Gasteiger partial charge in [0.25, 0.3) is 0 Å². The third-order valence-corrected chi connectivity index (χ3v) is 4.19. The van der Waals surface area contributed by atoms with Gasteiger partial charge in [0.2, 0.25) is 11.8 Å². The second-order valence-corrected chi connectivity index (χ2v) is 5.94. The number of aliphatic hydroxyl groups is 1. The van der Waals surface area contributed by atoms with Crippen LogP contribution in [0, 0.1) is 0 Å². The first-order valence-corrected chi connectivity index (χ1v) is 7.91. The summed E-state index contributed by atoms with van der Waals surface area (Å²) < 4.78 is 10.3. The Morgan fingerprint density at radius 2 is 2.12 bits per heavy atom. The molecule has 10 nitrogen and oxygen atoms in total. The normalized spacial score (nSPS) is 22.0. The first-order chi connectivity index (χ1) is 12.4. The van der Waals surface area contributed by atoms with E-state index in [4.69, 9.17) is 15.0 Å². The van der Waals surface area contributed by atoms with Gasteiger partial charge < -0.3 is 25.2 Å². The van der Waals surface area contributed by atoms with Crippen LogP contribution in [0.1, 0.15) is 12.0 Å². The Kier molecular flexibility index (Phi) is 6.53. The molecular formula is C16H21N5O5. The second-order valence-electron chi connectivity index (χ2n) is 5.94. The molecule has 3 N–H and O–H groups in total. The van der Waals surface area contributed by atoms with E-state index in [1.165, 1.54) is 0 Å². The van der Waals surface area contributed by atoms with E-state index in [0.717, 1.165) is 5.56 Å². The van der Waals surface area contributed by atoms with Crippen LogP contribution in [0.15, 0.2) is 29.4 Å². The van der Waals surface area contributed by atoms with Crippen molar-refractivity contribution >= 4 is 17.5 Å². The topological polar surface area (TPSA) is 146 Å². The van der Waals surface area contributed by atoms with Crippen molar-refractivity contribution in [3.8, 4) is 0 Å². The van der Waals surface area contributed by atoms with Gasteiger partial charge >= 0.3 is 0 Å². The van der Waals surface area contributed by atoms with Gasteiger partial charge in [-0.15, -0.1) is 0 Å². The smallest absolute Gasteiger partial charge is 0.250 e. The molecule has 0 spiro atoms. The lowest BCUT2D eigenvalue weighted by molar-refractivity contribution is -0.128. The summed E-state index contributed by atoms with van der Waals surface area (Å²) in [6.45, 7) is -0.292. The number of ether oxygens (including phenoxy) is 2. The van der Waals surface area contributed by atoms with Gasteiger partial charge in [-0.3, -0.25) is 9.59 Å². The van der Waals surface area contributed by atoms with Crippen molar-refractivity contribution < 1.29 is 24.2 Å². The lowest BCUT2D eigenvalue weighted by Crippen LogP contribution is -2.54. The van der Waals surface area contributed by atoms with E-state index in [1.54, 1.807) is 26.4 Å². The van der Waals surface area contributed by atoms with Crippen LogP contribution in [0.3, 0.4) is 0 Å². The van der Waals surface area contributed by atoms with E-state index >= 15 is 0 Å². The number of amides is 2. The first kappa shape index (κ1) is 19.7.